The van der Waals surface area contributed by atoms with Gasteiger partial charge < -0.3 is 14.5 Å². The van der Waals surface area contributed by atoms with Crippen molar-refractivity contribution in [1.82, 2.24) is 20.0 Å². The molecule has 1 fully saturated rings. The largest absolute Gasteiger partial charge is 0.494 e. The lowest BCUT2D eigenvalue weighted by molar-refractivity contribution is 0.0766. The van der Waals surface area contributed by atoms with Crippen LogP contribution in [-0.4, -0.2) is 71.8 Å². The van der Waals surface area contributed by atoms with Gasteiger partial charge >= 0.3 is 0 Å². The van der Waals surface area contributed by atoms with Crippen molar-refractivity contribution in [1.29, 1.82) is 0 Å². The third kappa shape index (κ3) is 5.88. The lowest BCUT2D eigenvalue weighted by Gasteiger charge is -2.35. The van der Waals surface area contributed by atoms with Gasteiger partial charge in [0.1, 0.15) is 5.75 Å². The topological polar surface area (TPSA) is 61.8 Å². The molecular formula is C32H37N5O2. The Labute approximate surface area is 231 Å². The summed E-state index contributed by atoms with van der Waals surface area (Å²) in [5.41, 5.74) is 4.13. The second-order valence-electron chi connectivity index (χ2n) is 9.80. The molecule has 1 aliphatic rings. The maximum Gasteiger partial charge on any atom is 0.274 e. The van der Waals surface area contributed by atoms with E-state index in [0.29, 0.717) is 25.4 Å². The fourth-order valence-corrected chi connectivity index (χ4v) is 5.33. The summed E-state index contributed by atoms with van der Waals surface area (Å²) in [6, 6.07) is 25.3. The summed E-state index contributed by atoms with van der Waals surface area (Å²) in [5.74, 6) is 1.66. The van der Waals surface area contributed by atoms with Crippen molar-refractivity contribution in [2.24, 2.45) is 0 Å². The van der Waals surface area contributed by atoms with Crippen molar-refractivity contribution in [3.05, 3.63) is 84.1 Å². The molecule has 5 rings (SSSR count). The Balaban J connectivity index is 1.27. The van der Waals surface area contributed by atoms with Crippen LogP contribution >= 0.6 is 0 Å². The van der Waals surface area contributed by atoms with Crippen LogP contribution in [0.2, 0.25) is 0 Å². The van der Waals surface area contributed by atoms with Gasteiger partial charge in [-0.1, -0.05) is 48.5 Å². The number of hydrogen-bond donors (Lipinski definition) is 0. The second kappa shape index (κ2) is 12.3. The van der Waals surface area contributed by atoms with Crippen LogP contribution in [0, 0.1) is 0 Å². The molecule has 39 heavy (non-hydrogen) atoms. The molecule has 0 aliphatic carbocycles. The number of carbonyl (C=O) groups is 1. The Morgan fingerprint density at radius 1 is 0.846 bits per heavy atom. The molecule has 0 bridgehead atoms. The SMILES string of the molecule is CCOc1cccc(-c2ccc(CN3CCN(c4ccc(C(=O)N(CC)CC)nn4)CC3)c3ccccc23)c1. The lowest BCUT2D eigenvalue weighted by atomic mass is 9.94. The molecule has 1 amide bonds. The highest BCUT2D eigenvalue weighted by Gasteiger charge is 2.21. The number of hydrogen-bond acceptors (Lipinski definition) is 6. The minimum atomic E-state index is -0.0656. The predicted molar refractivity (Wildman–Crippen MR) is 157 cm³/mol. The minimum Gasteiger partial charge on any atom is -0.494 e. The highest BCUT2D eigenvalue weighted by Crippen LogP contribution is 2.33. The number of piperazine rings is 1. The van der Waals surface area contributed by atoms with E-state index >= 15 is 0 Å². The third-order valence-electron chi connectivity index (χ3n) is 7.48. The van der Waals surface area contributed by atoms with Crippen LogP contribution in [0.25, 0.3) is 21.9 Å². The molecule has 3 aromatic carbocycles. The fraction of sp³-hybridized carbons (Fsp3) is 0.344. The number of benzene rings is 3. The van der Waals surface area contributed by atoms with Gasteiger partial charge in [-0.05, 0) is 72.5 Å². The molecule has 4 aromatic rings. The number of rotatable bonds is 9. The zero-order valence-corrected chi connectivity index (χ0v) is 23.1. The zero-order chi connectivity index (χ0) is 27.2. The van der Waals surface area contributed by atoms with Crippen molar-refractivity contribution < 1.29 is 9.53 Å². The quantitative estimate of drug-likeness (QED) is 0.289. The summed E-state index contributed by atoms with van der Waals surface area (Å²) in [7, 11) is 0. The summed E-state index contributed by atoms with van der Waals surface area (Å²) in [6.45, 7) is 12.5. The first-order valence-corrected chi connectivity index (χ1v) is 13.9. The van der Waals surface area contributed by atoms with Gasteiger partial charge in [-0.25, -0.2) is 0 Å². The van der Waals surface area contributed by atoms with Crippen LogP contribution in [-0.2, 0) is 6.54 Å². The Morgan fingerprint density at radius 2 is 1.62 bits per heavy atom. The molecule has 7 heteroatoms. The highest BCUT2D eigenvalue weighted by atomic mass is 16.5. The zero-order valence-electron chi connectivity index (χ0n) is 23.1. The summed E-state index contributed by atoms with van der Waals surface area (Å²) in [4.78, 5) is 19.1. The molecule has 1 saturated heterocycles. The van der Waals surface area contributed by atoms with E-state index < -0.39 is 0 Å². The number of anilines is 1. The molecule has 0 saturated carbocycles. The van der Waals surface area contributed by atoms with Gasteiger partial charge in [0.15, 0.2) is 11.5 Å². The number of fused-ring (bicyclic) bond motifs is 1. The molecular weight excluding hydrogens is 486 g/mol. The number of nitrogens with zero attached hydrogens (tertiary/aromatic N) is 5. The molecule has 0 unspecified atom stereocenters. The Morgan fingerprint density at radius 3 is 2.31 bits per heavy atom. The van der Waals surface area contributed by atoms with Crippen molar-refractivity contribution >= 4 is 22.5 Å². The van der Waals surface area contributed by atoms with Crippen LogP contribution in [0.1, 0.15) is 36.8 Å². The number of carbonyl (C=O) groups excluding carboxylic acids is 1. The van der Waals surface area contributed by atoms with Gasteiger partial charge in [0.2, 0.25) is 0 Å². The van der Waals surface area contributed by atoms with Crippen LogP contribution in [0.3, 0.4) is 0 Å². The Hall–Kier alpha value is -3.97. The van der Waals surface area contributed by atoms with Gasteiger partial charge in [0.05, 0.1) is 6.61 Å². The summed E-state index contributed by atoms with van der Waals surface area (Å²) in [6.07, 6.45) is 0. The first kappa shape index (κ1) is 26.6. The molecule has 202 valence electrons. The van der Waals surface area contributed by atoms with E-state index in [2.05, 4.69) is 74.6 Å². The summed E-state index contributed by atoms with van der Waals surface area (Å²) < 4.78 is 5.74. The van der Waals surface area contributed by atoms with E-state index in [9.17, 15) is 4.79 Å². The number of aromatic nitrogens is 2. The van der Waals surface area contributed by atoms with Crippen LogP contribution in [0.15, 0.2) is 72.8 Å². The van der Waals surface area contributed by atoms with Crippen LogP contribution < -0.4 is 9.64 Å². The predicted octanol–water partition coefficient (Wildman–Crippen LogP) is 5.50. The molecule has 1 aromatic heterocycles. The van der Waals surface area contributed by atoms with E-state index in [1.807, 2.05) is 32.9 Å². The van der Waals surface area contributed by atoms with Gasteiger partial charge in [0.25, 0.3) is 5.91 Å². The smallest absolute Gasteiger partial charge is 0.274 e. The minimum absolute atomic E-state index is 0.0656. The van der Waals surface area contributed by atoms with Crippen molar-refractivity contribution in [2.75, 3.05) is 50.8 Å². The molecule has 2 heterocycles. The van der Waals surface area contributed by atoms with Gasteiger partial charge in [-0.15, -0.1) is 10.2 Å². The standard InChI is InChI=1S/C32H37N5O2/c1-4-36(5-2)32(38)30-16-17-31(34-33-30)37-20-18-35(19-21-37)23-25-14-15-28(29-13-8-7-12-27(25)29)24-10-9-11-26(22-24)39-6-3/h7-17,22H,4-6,18-21,23H2,1-3H3. The van der Waals surface area contributed by atoms with Crippen LogP contribution in [0.4, 0.5) is 5.82 Å². The summed E-state index contributed by atoms with van der Waals surface area (Å²) in [5, 5.41) is 11.2. The molecule has 0 atom stereocenters. The van der Waals surface area contributed by atoms with Gasteiger partial charge in [-0.3, -0.25) is 9.69 Å². The number of ether oxygens (including phenoxy) is 1. The first-order chi connectivity index (χ1) is 19.1. The van der Waals surface area contributed by atoms with E-state index in [0.717, 1.165) is 44.3 Å². The molecule has 0 radical (unpaired) electrons. The van der Waals surface area contributed by atoms with Gasteiger partial charge in [0, 0.05) is 45.8 Å². The van der Waals surface area contributed by atoms with E-state index in [1.54, 1.807) is 11.0 Å². The van der Waals surface area contributed by atoms with Crippen LogP contribution in [0.5, 0.6) is 5.75 Å². The van der Waals surface area contributed by atoms with E-state index in [4.69, 9.17) is 4.74 Å². The fourth-order valence-electron chi connectivity index (χ4n) is 5.33. The Bertz CT molecular complexity index is 1410. The molecule has 7 nitrogen and oxygen atoms in total. The maximum atomic E-state index is 12.5. The van der Waals surface area contributed by atoms with Crippen molar-refractivity contribution in [2.45, 2.75) is 27.3 Å². The second-order valence-corrected chi connectivity index (χ2v) is 9.80. The normalized spacial score (nSPS) is 14.0. The van der Waals surface area contributed by atoms with E-state index in [1.165, 1.54) is 27.5 Å². The van der Waals surface area contributed by atoms with Crippen molar-refractivity contribution in [3.8, 4) is 16.9 Å². The molecule has 0 spiro atoms. The van der Waals surface area contributed by atoms with E-state index in [-0.39, 0.29) is 5.91 Å². The molecule has 0 N–H and O–H groups in total. The average molecular weight is 524 g/mol. The molecule has 1 aliphatic heterocycles. The third-order valence-corrected chi connectivity index (χ3v) is 7.48. The summed E-state index contributed by atoms with van der Waals surface area (Å²) >= 11 is 0. The Kier molecular flexibility index (Phi) is 8.37. The maximum absolute atomic E-state index is 12.5. The van der Waals surface area contributed by atoms with Crippen molar-refractivity contribution in [3.63, 3.8) is 0 Å². The lowest BCUT2D eigenvalue weighted by Crippen LogP contribution is -2.46. The number of amides is 1. The first-order valence-electron chi connectivity index (χ1n) is 13.9. The highest BCUT2D eigenvalue weighted by molar-refractivity contribution is 5.98. The van der Waals surface area contributed by atoms with Gasteiger partial charge in [-0.2, -0.15) is 0 Å². The monoisotopic (exact) mass is 523 g/mol. The average Bonchev–Trinajstić information content (AvgIpc) is 2.99.